The summed E-state index contributed by atoms with van der Waals surface area (Å²) in [7, 11) is 2.15. The van der Waals surface area contributed by atoms with E-state index in [9.17, 15) is 0 Å². The van der Waals surface area contributed by atoms with E-state index >= 15 is 0 Å². The molecule has 0 aromatic heterocycles. The van der Waals surface area contributed by atoms with Crippen LogP contribution >= 0.6 is 11.6 Å². The molecule has 0 radical (unpaired) electrons. The molecule has 1 N–H and O–H groups in total. The molecule has 112 valence electrons. The van der Waals surface area contributed by atoms with E-state index in [1.54, 1.807) is 0 Å². The van der Waals surface area contributed by atoms with E-state index in [1.807, 2.05) is 18.2 Å². The van der Waals surface area contributed by atoms with Crippen LogP contribution in [0.1, 0.15) is 24.1 Å². The van der Waals surface area contributed by atoms with Crippen LogP contribution in [0.15, 0.2) is 54.6 Å². The molecule has 21 heavy (non-hydrogen) atoms. The van der Waals surface area contributed by atoms with Crippen LogP contribution in [0.2, 0.25) is 5.02 Å². The Balaban J connectivity index is 2.14. The van der Waals surface area contributed by atoms with Crippen molar-refractivity contribution in [3.8, 4) is 0 Å². The first kappa shape index (κ1) is 16.0. The Labute approximate surface area is 132 Å². The Hall–Kier alpha value is -1.35. The number of hydrogen-bond acceptors (Lipinski definition) is 2. The van der Waals surface area contributed by atoms with Gasteiger partial charge in [0.1, 0.15) is 0 Å². The minimum atomic E-state index is 0.336. The van der Waals surface area contributed by atoms with Gasteiger partial charge in [-0.1, -0.05) is 67.1 Å². The number of nitrogens with zero attached hydrogens (tertiary/aromatic N) is 1. The van der Waals surface area contributed by atoms with Crippen LogP contribution in [-0.4, -0.2) is 25.0 Å². The summed E-state index contributed by atoms with van der Waals surface area (Å²) < 4.78 is 0. The topological polar surface area (TPSA) is 15.3 Å². The Kier molecular flexibility index (Phi) is 6.24. The van der Waals surface area contributed by atoms with Crippen molar-refractivity contribution in [1.29, 1.82) is 0 Å². The standard InChI is InChI=1S/C18H23ClN2/c1-3-20-13-18(15-9-5-4-6-10-15)21(2)14-16-11-7-8-12-17(16)19/h4-12,18,20H,3,13-14H2,1-2H3. The zero-order valence-corrected chi connectivity index (χ0v) is 13.5. The minimum Gasteiger partial charge on any atom is -0.315 e. The van der Waals surface area contributed by atoms with E-state index in [0.717, 1.165) is 24.7 Å². The van der Waals surface area contributed by atoms with Crippen LogP contribution < -0.4 is 5.32 Å². The third kappa shape index (κ3) is 4.57. The molecule has 0 saturated carbocycles. The Bertz CT molecular complexity index is 542. The van der Waals surface area contributed by atoms with Crippen molar-refractivity contribution in [3.63, 3.8) is 0 Å². The van der Waals surface area contributed by atoms with Gasteiger partial charge >= 0.3 is 0 Å². The molecule has 0 amide bonds. The molecule has 0 aliphatic heterocycles. The van der Waals surface area contributed by atoms with Gasteiger partial charge in [0.05, 0.1) is 0 Å². The monoisotopic (exact) mass is 302 g/mol. The average molecular weight is 303 g/mol. The van der Waals surface area contributed by atoms with Gasteiger partial charge in [-0.15, -0.1) is 0 Å². The lowest BCUT2D eigenvalue weighted by Crippen LogP contribution is -2.33. The molecular formula is C18H23ClN2. The van der Waals surface area contributed by atoms with Crippen LogP contribution in [0.4, 0.5) is 0 Å². The van der Waals surface area contributed by atoms with Gasteiger partial charge in [-0.3, -0.25) is 4.90 Å². The van der Waals surface area contributed by atoms with Gasteiger partial charge in [0, 0.05) is 24.2 Å². The quantitative estimate of drug-likeness (QED) is 0.827. The van der Waals surface area contributed by atoms with Gasteiger partial charge in [0.25, 0.3) is 0 Å². The molecule has 0 aliphatic rings. The molecule has 3 heteroatoms. The molecule has 0 saturated heterocycles. The number of benzene rings is 2. The SMILES string of the molecule is CCNCC(c1ccccc1)N(C)Cc1ccccc1Cl. The molecule has 1 unspecified atom stereocenters. The third-order valence-electron chi connectivity index (χ3n) is 3.68. The maximum Gasteiger partial charge on any atom is 0.0473 e. The molecule has 2 aromatic rings. The predicted molar refractivity (Wildman–Crippen MR) is 90.6 cm³/mol. The highest BCUT2D eigenvalue weighted by atomic mass is 35.5. The second-order valence-corrected chi connectivity index (χ2v) is 5.65. The summed E-state index contributed by atoms with van der Waals surface area (Å²) in [6.45, 7) is 4.88. The van der Waals surface area contributed by atoms with Crippen LogP contribution in [0.25, 0.3) is 0 Å². The Morgan fingerprint density at radius 3 is 2.38 bits per heavy atom. The lowest BCUT2D eigenvalue weighted by molar-refractivity contribution is 0.231. The molecule has 0 spiro atoms. The van der Waals surface area contributed by atoms with Crippen LogP contribution in [-0.2, 0) is 6.54 Å². The van der Waals surface area contributed by atoms with Gasteiger partial charge < -0.3 is 5.32 Å². The number of rotatable bonds is 7. The summed E-state index contributed by atoms with van der Waals surface area (Å²) in [5.41, 5.74) is 2.49. The van der Waals surface area contributed by atoms with Gasteiger partial charge in [-0.25, -0.2) is 0 Å². The zero-order valence-electron chi connectivity index (χ0n) is 12.7. The van der Waals surface area contributed by atoms with Crippen molar-refractivity contribution in [2.45, 2.75) is 19.5 Å². The normalized spacial score (nSPS) is 12.6. The lowest BCUT2D eigenvalue weighted by Gasteiger charge is -2.29. The van der Waals surface area contributed by atoms with Crippen molar-refractivity contribution in [3.05, 3.63) is 70.7 Å². The van der Waals surface area contributed by atoms with E-state index in [-0.39, 0.29) is 0 Å². The summed E-state index contributed by atoms with van der Waals surface area (Å²) in [4.78, 5) is 2.35. The molecule has 0 fully saturated rings. The summed E-state index contributed by atoms with van der Waals surface area (Å²) in [6, 6.07) is 19.0. The highest BCUT2D eigenvalue weighted by Crippen LogP contribution is 2.23. The van der Waals surface area contributed by atoms with E-state index in [4.69, 9.17) is 11.6 Å². The lowest BCUT2D eigenvalue weighted by atomic mass is 10.0. The first-order valence-electron chi connectivity index (χ1n) is 7.41. The third-order valence-corrected chi connectivity index (χ3v) is 4.05. The fraction of sp³-hybridized carbons (Fsp3) is 0.333. The maximum absolute atomic E-state index is 6.28. The van der Waals surface area contributed by atoms with Gasteiger partial charge in [0.2, 0.25) is 0 Å². The maximum atomic E-state index is 6.28. The first-order valence-corrected chi connectivity index (χ1v) is 7.79. The van der Waals surface area contributed by atoms with Crippen molar-refractivity contribution in [2.75, 3.05) is 20.1 Å². The van der Waals surface area contributed by atoms with Crippen LogP contribution in [0.3, 0.4) is 0 Å². The molecule has 2 rings (SSSR count). The molecular weight excluding hydrogens is 280 g/mol. The molecule has 2 aromatic carbocycles. The Morgan fingerprint density at radius 2 is 1.71 bits per heavy atom. The van der Waals surface area contributed by atoms with Crippen molar-refractivity contribution in [2.24, 2.45) is 0 Å². The number of halogens is 1. The van der Waals surface area contributed by atoms with Crippen molar-refractivity contribution >= 4 is 11.6 Å². The summed E-state index contributed by atoms with van der Waals surface area (Å²) in [5.74, 6) is 0. The minimum absolute atomic E-state index is 0.336. The van der Waals surface area contributed by atoms with Crippen molar-refractivity contribution < 1.29 is 0 Å². The number of nitrogens with one attached hydrogen (secondary N) is 1. The average Bonchev–Trinajstić information content (AvgIpc) is 2.51. The van der Waals surface area contributed by atoms with Gasteiger partial charge in [-0.2, -0.15) is 0 Å². The van der Waals surface area contributed by atoms with Gasteiger partial charge in [0.15, 0.2) is 0 Å². The highest BCUT2D eigenvalue weighted by Gasteiger charge is 2.17. The summed E-state index contributed by atoms with van der Waals surface area (Å²) >= 11 is 6.28. The van der Waals surface area contributed by atoms with E-state index in [0.29, 0.717) is 6.04 Å². The molecule has 0 bridgehead atoms. The van der Waals surface area contributed by atoms with Crippen LogP contribution in [0, 0.1) is 0 Å². The zero-order chi connectivity index (χ0) is 15.1. The van der Waals surface area contributed by atoms with E-state index in [2.05, 4.69) is 60.6 Å². The van der Waals surface area contributed by atoms with Crippen LogP contribution in [0.5, 0.6) is 0 Å². The fourth-order valence-corrected chi connectivity index (χ4v) is 2.69. The molecule has 0 aliphatic carbocycles. The summed E-state index contributed by atoms with van der Waals surface area (Å²) in [5, 5.41) is 4.29. The molecule has 1 atom stereocenters. The second kappa shape index (κ2) is 8.18. The second-order valence-electron chi connectivity index (χ2n) is 5.24. The first-order chi connectivity index (χ1) is 10.2. The van der Waals surface area contributed by atoms with E-state index < -0.39 is 0 Å². The highest BCUT2D eigenvalue weighted by molar-refractivity contribution is 6.31. The molecule has 2 nitrogen and oxygen atoms in total. The Morgan fingerprint density at radius 1 is 1.05 bits per heavy atom. The molecule has 0 heterocycles. The predicted octanol–water partition coefficient (Wildman–Crippen LogP) is 4.12. The van der Waals surface area contributed by atoms with Crippen molar-refractivity contribution in [1.82, 2.24) is 10.2 Å². The van der Waals surface area contributed by atoms with Gasteiger partial charge in [-0.05, 0) is 30.8 Å². The fourth-order valence-electron chi connectivity index (χ4n) is 2.49. The smallest absolute Gasteiger partial charge is 0.0473 e. The van der Waals surface area contributed by atoms with E-state index in [1.165, 1.54) is 11.1 Å². The largest absolute Gasteiger partial charge is 0.315 e. The number of hydrogen-bond donors (Lipinski definition) is 1. The summed E-state index contributed by atoms with van der Waals surface area (Å²) in [6.07, 6.45) is 0. The number of likely N-dealkylation sites (N-methyl/N-ethyl adjacent to an activating group) is 2.